The maximum absolute atomic E-state index is 12.5. The number of fused-ring (bicyclic) bond motifs is 2. The molecule has 0 bridgehead atoms. The second-order valence-corrected chi connectivity index (χ2v) is 7.21. The zero-order chi connectivity index (χ0) is 20.0. The van der Waals surface area contributed by atoms with Gasteiger partial charge in [-0.1, -0.05) is 6.07 Å². The fourth-order valence-electron chi connectivity index (χ4n) is 3.25. The predicted octanol–water partition coefficient (Wildman–Crippen LogP) is 2.70. The van der Waals surface area contributed by atoms with Crippen molar-refractivity contribution in [3.63, 3.8) is 0 Å². The highest BCUT2D eigenvalue weighted by atomic mass is 16.3. The Kier molecular flexibility index (Phi) is 4.35. The van der Waals surface area contributed by atoms with E-state index in [9.17, 15) is 9.90 Å². The van der Waals surface area contributed by atoms with Gasteiger partial charge in [0.2, 0.25) is 0 Å². The van der Waals surface area contributed by atoms with Crippen molar-refractivity contribution in [3.8, 4) is 11.4 Å². The summed E-state index contributed by atoms with van der Waals surface area (Å²) in [7, 11) is 1.86. The average Bonchev–Trinajstić information content (AvgIpc) is 3.21. The van der Waals surface area contributed by atoms with Crippen LogP contribution in [0.4, 0.5) is 0 Å². The summed E-state index contributed by atoms with van der Waals surface area (Å²) >= 11 is 0. The molecule has 0 saturated carbocycles. The molecule has 4 aromatic rings. The molecule has 1 atom stereocenters. The van der Waals surface area contributed by atoms with Crippen LogP contribution in [0.3, 0.4) is 0 Å². The first-order valence-corrected chi connectivity index (χ1v) is 9.15. The molecular formula is C20H22N6O2. The van der Waals surface area contributed by atoms with E-state index in [1.807, 2.05) is 39.1 Å². The molecule has 8 nitrogen and oxygen atoms in total. The van der Waals surface area contributed by atoms with Crippen molar-refractivity contribution >= 4 is 28.0 Å². The summed E-state index contributed by atoms with van der Waals surface area (Å²) in [6.07, 6.45) is 2.68. The van der Waals surface area contributed by atoms with Crippen LogP contribution in [0.2, 0.25) is 0 Å². The van der Waals surface area contributed by atoms with E-state index in [1.165, 1.54) is 0 Å². The van der Waals surface area contributed by atoms with Gasteiger partial charge in [0.1, 0.15) is 16.9 Å². The zero-order valence-electron chi connectivity index (χ0n) is 16.2. The smallest absolute Gasteiger partial charge is 0.255 e. The maximum Gasteiger partial charge on any atom is 0.255 e. The van der Waals surface area contributed by atoms with Crippen molar-refractivity contribution in [2.24, 2.45) is 7.05 Å². The molecule has 1 aromatic carbocycles. The van der Waals surface area contributed by atoms with Gasteiger partial charge in [0, 0.05) is 24.7 Å². The fourth-order valence-corrected chi connectivity index (χ4v) is 3.25. The number of carbonyl (C=O) groups excluding carboxylic acids is 1. The topological polar surface area (TPSA) is 109 Å². The molecule has 0 aliphatic rings. The Hall–Kier alpha value is -3.26. The number of aromatic nitrogens is 5. The first kappa shape index (κ1) is 18.1. The summed E-state index contributed by atoms with van der Waals surface area (Å²) in [4.78, 5) is 24.6. The predicted molar refractivity (Wildman–Crippen MR) is 107 cm³/mol. The third-order valence-corrected chi connectivity index (χ3v) is 4.64. The Bertz CT molecular complexity index is 1190. The molecule has 144 valence electrons. The largest absolute Gasteiger partial charge is 0.389 e. The van der Waals surface area contributed by atoms with E-state index in [-0.39, 0.29) is 11.9 Å². The molecule has 0 aliphatic carbocycles. The molecule has 0 spiro atoms. The monoisotopic (exact) mass is 378 g/mol. The molecule has 1 unspecified atom stereocenters. The van der Waals surface area contributed by atoms with Crippen molar-refractivity contribution in [3.05, 3.63) is 41.7 Å². The molecule has 0 fully saturated rings. The average molecular weight is 378 g/mol. The van der Waals surface area contributed by atoms with E-state index in [4.69, 9.17) is 0 Å². The van der Waals surface area contributed by atoms with Gasteiger partial charge in [0.15, 0.2) is 5.65 Å². The van der Waals surface area contributed by atoms with Gasteiger partial charge in [0.05, 0.1) is 23.4 Å². The van der Waals surface area contributed by atoms with Gasteiger partial charge in [-0.25, -0.2) is 9.97 Å². The van der Waals surface area contributed by atoms with Gasteiger partial charge in [-0.05, 0) is 38.5 Å². The molecule has 0 aliphatic heterocycles. The number of aromatic amines is 1. The number of rotatable bonds is 4. The van der Waals surface area contributed by atoms with Crippen molar-refractivity contribution in [2.75, 3.05) is 0 Å². The van der Waals surface area contributed by atoms with Crippen molar-refractivity contribution < 1.29 is 9.90 Å². The van der Waals surface area contributed by atoms with Gasteiger partial charge in [-0.3, -0.25) is 9.48 Å². The molecule has 28 heavy (non-hydrogen) atoms. The third kappa shape index (κ3) is 3.01. The lowest BCUT2D eigenvalue weighted by atomic mass is 10.1. The SMILES string of the molecule is CC(C)NC(=O)c1c[nH]c2ncc(-c3nn(C)c4ccc(C(C)O)cc34)nc12. The summed E-state index contributed by atoms with van der Waals surface area (Å²) in [5, 5.41) is 18.3. The highest BCUT2D eigenvalue weighted by molar-refractivity contribution is 6.05. The number of amides is 1. The second kappa shape index (κ2) is 6.72. The summed E-state index contributed by atoms with van der Waals surface area (Å²) in [6, 6.07) is 5.75. The van der Waals surface area contributed by atoms with Crippen LogP contribution < -0.4 is 5.32 Å². The molecule has 0 saturated heterocycles. The highest BCUT2D eigenvalue weighted by Gasteiger charge is 2.19. The maximum atomic E-state index is 12.5. The second-order valence-electron chi connectivity index (χ2n) is 7.21. The molecular weight excluding hydrogens is 356 g/mol. The Balaban J connectivity index is 1.87. The van der Waals surface area contributed by atoms with Gasteiger partial charge in [-0.15, -0.1) is 0 Å². The molecule has 1 amide bonds. The van der Waals surface area contributed by atoms with Crippen molar-refractivity contribution in [1.29, 1.82) is 0 Å². The Morgan fingerprint density at radius 3 is 2.79 bits per heavy atom. The molecule has 0 radical (unpaired) electrons. The van der Waals surface area contributed by atoms with Gasteiger partial charge in [-0.2, -0.15) is 5.10 Å². The van der Waals surface area contributed by atoms with Crippen LogP contribution in [0.25, 0.3) is 33.5 Å². The lowest BCUT2D eigenvalue weighted by Crippen LogP contribution is -2.29. The van der Waals surface area contributed by atoms with Crippen LogP contribution in [-0.2, 0) is 7.05 Å². The van der Waals surface area contributed by atoms with E-state index in [1.54, 1.807) is 24.0 Å². The van der Waals surface area contributed by atoms with E-state index < -0.39 is 6.10 Å². The number of nitrogens with one attached hydrogen (secondary N) is 2. The summed E-state index contributed by atoms with van der Waals surface area (Å²) in [5.74, 6) is -0.199. The lowest BCUT2D eigenvalue weighted by Gasteiger charge is -2.07. The number of hydrogen-bond donors (Lipinski definition) is 3. The van der Waals surface area contributed by atoms with Crippen LogP contribution in [0.15, 0.2) is 30.6 Å². The van der Waals surface area contributed by atoms with Crippen molar-refractivity contribution in [1.82, 2.24) is 30.0 Å². The number of H-pyrrole nitrogens is 1. The number of aliphatic hydroxyl groups is 1. The zero-order valence-corrected chi connectivity index (χ0v) is 16.2. The standard InChI is InChI=1S/C20H22N6O2/c1-10(2)23-20(28)14-8-21-19-18(14)24-15(9-22-19)17-13-7-12(11(3)27)5-6-16(13)26(4)25-17/h5-11,27H,1-4H3,(H,21,22)(H,23,28). The molecule has 3 heterocycles. The van der Waals surface area contributed by atoms with Gasteiger partial charge >= 0.3 is 0 Å². The highest BCUT2D eigenvalue weighted by Crippen LogP contribution is 2.29. The minimum atomic E-state index is -0.581. The Morgan fingerprint density at radius 2 is 2.07 bits per heavy atom. The van der Waals surface area contributed by atoms with Crippen molar-refractivity contribution in [2.45, 2.75) is 32.9 Å². The summed E-state index contributed by atoms with van der Waals surface area (Å²) < 4.78 is 1.77. The summed E-state index contributed by atoms with van der Waals surface area (Å²) in [6.45, 7) is 5.54. The minimum absolute atomic E-state index is 0.0206. The normalized spacial score (nSPS) is 12.8. The number of aliphatic hydroxyl groups excluding tert-OH is 1. The first-order chi connectivity index (χ1) is 13.3. The number of nitrogens with zero attached hydrogens (tertiary/aromatic N) is 4. The third-order valence-electron chi connectivity index (χ3n) is 4.64. The summed E-state index contributed by atoms with van der Waals surface area (Å²) in [5.41, 5.74) is 4.44. The molecule has 8 heteroatoms. The van der Waals surface area contributed by atoms with Crippen LogP contribution >= 0.6 is 0 Å². The molecule has 3 aromatic heterocycles. The van der Waals surface area contributed by atoms with Crippen LogP contribution in [0.1, 0.15) is 42.8 Å². The van der Waals surface area contributed by atoms with Crippen LogP contribution in [0, 0.1) is 0 Å². The fraction of sp³-hybridized carbons (Fsp3) is 0.300. The van der Waals surface area contributed by atoms with Crippen LogP contribution in [0.5, 0.6) is 0 Å². The van der Waals surface area contributed by atoms with Crippen LogP contribution in [-0.4, -0.2) is 41.8 Å². The van der Waals surface area contributed by atoms with E-state index in [0.29, 0.717) is 28.1 Å². The minimum Gasteiger partial charge on any atom is -0.389 e. The Morgan fingerprint density at radius 1 is 1.29 bits per heavy atom. The number of hydrogen-bond acceptors (Lipinski definition) is 5. The lowest BCUT2D eigenvalue weighted by molar-refractivity contribution is 0.0944. The number of benzene rings is 1. The number of aryl methyl sites for hydroxylation is 1. The first-order valence-electron chi connectivity index (χ1n) is 9.15. The Labute approximate surface area is 161 Å². The molecule has 4 rings (SSSR count). The van der Waals surface area contributed by atoms with E-state index in [2.05, 4.69) is 25.4 Å². The van der Waals surface area contributed by atoms with Gasteiger partial charge in [0.25, 0.3) is 5.91 Å². The van der Waals surface area contributed by atoms with Gasteiger partial charge < -0.3 is 15.4 Å². The van der Waals surface area contributed by atoms with E-state index in [0.717, 1.165) is 16.5 Å². The van der Waals surface area contributed by atoms with E-state index >= 15 is 0 Å². The quantitative estimate of drug-likeness (QED) is 0.506. The molecule has 3 N–H and O–H groups in total. The number of carbonyl (C=O) groups is 1.